The van der Waals surface area contributed by atoms with E-state index in [1.165, 1.54) is 11.1 Å². The van der Waals surface area contributed by atoms with Crippen LogP contribution in [0.5, 0.6) is 0 Å². The van der Waals surface area contributed by atoms with Crippen molar-refractivity contribution in [1.29, 1.82) is 0 Å². The van der Waals surface area contributed by atoms with Gasteiger partial charge in [-0.1, -0.05) is 48.6 Å². The lowest BCUT2D eigenvalue weighted by Crippen LogP contribution is -1.96. The molecule has 0 spiro atoms. The van der Waals surface area contributed by atoms with Gasteiger partial charge >= 0.3 is 0 Å². The molecule has 1 nitrogen and oxygen atoms in total. The van der Waals surface area contributed by atoms with E-state index in [1.54, 1.807) is 0 Å². The third kappa shape index (κ3) is 2.57. The van der Waals surface area contributed by atoms with Crippen molar-refractivity contribution in [3.05, 3.63) is 53.6 Å². The second-order valence-corrected chi connectivity index (χ2v) is 3.78. The second kappa shape index (κ2) is 4.94. The number of benzene rings is 1. The Labute approximate surface area is 91.1 Å². The molecule has 0 radical (unpaired) electrons. The van der Waals surface area contributed by atoms with E-state index in [9.17, 15) is 0 Å². The molecule has 1 atom stereocenters. The number of hydrogen-bond donors (Lipinski definition) is 0. The van der Waals surface area contributed by atoms with Crippen molar-refractivity contribution in [3.8, 4) is 0 Å². The fourth-order valence-electron chi connectivity index (χ4n) is 1.84. The predicted octanol–water partition coefficient (Wildman–Crippen LogP) is 3.29. The highest BCUT2D eigenvalue weighted by Crippen LogP contribution is 2.23. The van der Waals surface area contributed by atoms with E-state index in [-0.39, 0.29) is 0 Å². The Morgan fingerprint density at radius 3 is 2.80 bits per heavy atom. The standard InChI is InChI=1S/C14H16O/c1-2-6-13-10-15-11-14(13)9-12-7-4-3-5-8-12/h2-9,13H,10-11H2,1H3. The molecule has 78 valence electrons. The maximum atomic E-state index is 5.47. The topological polar surface area (TPSA) is 9.23 Å². The van der Waals surface area contributed by atoms with Crippen LogP contribution in [-0.2, 0) is 4.74 Å². The van der Waals surface area contributed by atoms with Crippen LogP contribution in [-0.4, -0.2) is 13.2 Å². The van der Waals surface area contributed by atoms with Crippen LogP contribution in [0.2, 0.25) is 0 Å². The van der Waals surface area contributed by atoms with Crippen LogP contribution in [0, 0.1) is 5.92 Å². The highest BCUT2D eigenvalue weighted by Gasteiger charge is 2.18. The zero-order chi connectivity index (χ0) is 10.5. The molecule has 0 bridgehead atoms. The highest BCUT2D eigenvalue weighted by atomic mass is 16.5. The first-order valence-corrected chi connectivity index (χ1v) is 5.36. The van der Waals surface area contributed by atoms with Crippen LogP contribution in [0.25, 0.3) is 6.08 Å². The molecule has 1 heterocycles. The first-order chi connectivity index (χ1) is 7.40. The van der Waals surface area contributed by atoms with Gasteiger partial charge in [-0.25, -0.2) is 0 Å². The molecule has 0 N–H and O–H groups in total. The summed E-state index contributed by atoms with van der Waals surface area (Å²) in [5.41, 5.74) is 2.63. The van der Waals surface area contributed by atoms with Crippen molar-refractivity contribution in [2.75, 3.05) is 13.2 Å². The molecule has 0 amide bonds. The Bertz CT molecular complexity index is 362. The first-order valence-electron chi connectivity index (χ1n) is 5.36. The third-order valence-corrected chi connectivity index (χ3v) is 2.62. The predicted molar refractivity (Wildman–Crippen MR) is 63.5 cm³/mol. The van der Waals surface area contributed by atoms with Crippen molar-refractivity contribution >= 4 is 6.08 Å². The molecule has 1 saturated heterocycles. The summed E-state index contributed by atoms with van der Waals surface area (Å²) in [7, 11) is 0. The van der Waals surface area contributed by atoms with Crippen molar-refractivity contribution in [1.82, 2.24) is 0 Å². The van der Waals surface area contributed by atoms with E-state index < -0.39 is 0 Å². The van der Waals surface area contributed by atoms with Gasteiger partial charge in [0, 0.05) is 5.92 Å². The van der Waals surface area contributed by atoms with Crippen LogP contribution in [0.15, 0.2) is 48.1 Å². The van der Waals surface area contributed by atoms with Crippen molar-refractivity contribution in [3.63, 3.8) is 0 Å². The molecular weight excluding hydrogens is 184 g/mol. The molecule has 1 aromatic carbocycles. The van der Waals surface area contributed by atoms with Gasteiger partial charge in [-0.05, 0) is 18.1 Å². The van der Waals surface area contributed by atoms with E-state index in [1.807, 2.05) is 6.07 Å². The fourth-order valence-corrected chi connectivity index (χ4v) is 1.84. The SMILES string of the molecule is CC=CC1COCC1=Cc1ccccc1. The van der Waals surface area contributed by atoms with Gasteiger partial charge in [0.15, 0.2) is 0 Å². The van der Waals surface area contributed by atoms with Gasteiger partial charge in [-0.2, -0.15) is 0 Å². The van der Waals surface area contributed by atoms with Gasteiger partial charge in [0.25, 0.3) is 0 Å². The summed E-state index contributed by atoms with van der Waals surface area (Å²) >= 11 is 0. The Balaban J connectivity index is 2.19. The molecule has 1 aliphatic rings. The van der Waals surface area contributed by atoms with Gasteiger partial charge in [-0.3, -0.25) is 0 Å². The highest BCUT2D eigenvalue weighted by molar-refractivity contribution is 5.54. The average Bonchev–Trinajstić information content (AvgIpc) is 2.68. The Morgan fingerprint density at radius 2 is 2.07 bits per heavy atom. The first kappa shape index (κ1) is 10.2. The maximum absolute atomic E-state index is 5.47. The van der Waals surface area contributed by atoms with E-state index in [0.717, 1.165) is 13.2 Å². The molecule has 1 unspecified atom stereocenters. The number of hydrogen-bond acceptors (Lipinski definition) is 1. The van der Waals surface area contributed by atoms with Gasteiger partial charge < -0.3 is 4.74 Å². The normalized spacial score (nSPS) is 24.1. The van der Waals surface area contributed by atoms with Gasteiger partial charge in [-0.15, -0.1) is 0 Å². The zero-order valence-corrected chi connectivity index (χ0v) is 9.02. The van der Waals surface area contributed by atoms with Crippen LogP contribution in [0.3, 0.4) is 0 Å². The van der Waals surface area contributed by atoms with Crippen molar-refractivity contribution in [2.45, 2.75) is 6.92 Å². The summed E-state index contributed by atoms with van der Waals surface area (Å²) in [6.07, 6.45) is 6.54. The summed E-state index contributed by atoms with van der Waals surface area (Å²) in [5.74, 6) is 0.468. The van der Waals surface area contributed by atoms with E-state index in [0.29, 0.717) is 5.92 Å². The second-order valence-electron chi connectivity index (χ2n) is 3.78. The Morgan fingerprint density at radius 1 is 1.27 bits per heavy atom. The van der Waals surface area contributed by atoms with E-state index >= 15 is 0 Å². The summed E-state index contributed by atoms with van der Waals surface area (Å²) in [4.78, 5) is 0. The Hall–Kier alpha value is -1.34. The lowest BCUT2D eigenvalue weighted by Gasteiger charge is -2.03. The number of rotatable bonds is 2. The summed E-state index contributed by atoms with van der Waals surface area (Å²) in [6.45, 7) is 3.64. The number of ether oxygens (including phenoxy) is 1. The lowest BCUT2D eigenvalue weighted by atomic mass is 10.00. The molecule has 1 heteroatoms. The summed E-state index contributed by atoms with van der Waals surface area (Å²) in [6, 6.07) is 10.4. The maximum Gasteiger partial charge on any atom is 0.0687 e. The quantitative estimate of drug-likeness (QED) is 0.666. The molecule has 1 aromatic rings. The molecule has 0 aromatic heterocycles. The van der Waals surface area contributed by atoms with E-state index in [4.69, 9.17) is 4.74 Å². The molecule has 15 heavy (non-hydrogen) atoms. The molecule has 2 rings (SSSR count). The van der Waals surface area contributed by atoms with Crippen molar-refractivity contribution in [2.24, 2.45) is 5.92 Å². The Kier molecular flexibility index (Phi) is 3.36. The average molecular weight is 200 g/mol. The van der Waals surface area contributed by atoms with Crippen molar-refractivity contribution < 1.29 is 4.74 Å². The van der Waals surface area contributed by atoms with Gasteiger partial charge in [0.05, 0.1) is 13.2 Å². The minimum Gasteiger partial charge on any atom is -0.376 e. The number of allylic oxidation sites excluding steroid dienone is 1. The smallest absolute Gasteiger partial charge is 0.0687 e. The van der Waals surface area contributed by atoms with Gasteiger partial charge in [0.2, 0.25) is 0 Å². The lowest BCUT2D eigenvalue weighted by molar-refractivity contribution is 0.195. The van der Waals surface area contributed by atoms with Crippen LogP contribution in [0.4, 0.5) is 0 Å². The molecular formula is C14H16O. The minimum atomic E-state index is 0.468. The van der Waals surface area contributed by atoms with Gasteiger partial charge in [0.1, 0.15) is 0 Å². The minimum absolute atomic E-state index is 0.468. The summed E-state index contributed by atoms with van der Waals surface area (Å²) in [5, 5.41) is 0. The van der Waals surface area contributed by atoms with Crippen LogP contribution < -0.4 is 0 Å². The largest absolute Gasteiger partial charge is 0.376 e. The molecule has 0 saturated carbocycles. The van der Waals surface area contributed by atoms with Crippen LogP contribution in [0.1, 0.15) is 12.5 Å². The molecule has 0 aliphatic carbocycles. The summed E-state index contributed by atoms with van der Waals surface area (Å²) < 4.78 is 5.47. The third-order valence-electron chi connectivity index (χ3n) is 2.62. The fraction of sp³-hybridized carbons (Fsp3) is 0.286. The van der Waals surface area contributed by atoms with Crippen LogP contribution >= 0.6 is 0 Å². The monoisotopic (exact) mass is 200 g/mol. The molecule has 1 aliphatic heterocycles. The molecule has 1 fully saturated rings. The van der Waals surface area contributed by atoms with E-state index in [2.05, 4.69) is 49.4 Å². The zero-order valence-electron chi connectivity index (χ0n) is 9.02.